The SMILES string of the molecule is CCCCc1nc(C)n(-c2ncc(OCC)cn2)c(=O)c1Cc1cc(CCC)c(OC(C(=O)O)c2ccccc2)c(CCC)c1. The lowest BCUT2D eigenvalue weighted by atomic mass is 9.94. The van der Waals surface area contributed by atoms with Crippen LogP contribution in [-0.2, 0) is 30.5 Å². The summed E-state index contributed by atoms with van der Waals surface area (Å²) in [5.74, 6) is 0.887. The second-order valence-electron chi connectivity index (χ2n) is 11.1. The van der Waals surface area contributed by atoms with Crippen LogP contribution in [0.5, 0.6) is 11.5 Å². The number of benzene rings is 2. The Morgan fingerprint density at radius 1 is 0.933 bits per heavy atom. The Morgan fingerprint density at radius 2 is 1.58 bits per heavy atom. The summed E-state index contributed by atoms with van der Waals surface area (Å²) in [6.07, 6.45) is 8.06. The minimum absolute atomic E-state index is 0.192. The largest absolute Gasteiger partial charge is 0.491 e. The molecule has 0 spiro atoms. The van der Waals surface area contributed by atoms with E-state index in [1.54, 1.807) is 31.5 Å². The van der Waals surface area contributed by atoms with E-state index in [4.69, 9.17) is 14.5 Å². The lowest BCUT2D eigenvalue weighted by Gasteiger charge is -2.22. The molecule has 0 aliphatic rings. The van der Waals surface area contributed by atoms with Gasteiger partial charge in [-0.25, -0.2) is 24.3 Å². The van der Waals surface area contributed by atoms with Crippen molar-refractivity contribution in [2.24, 2.45) is 0 Å². The third kappa shape index (κ3) is 8.15. The van der Waals surface area contributed by atoms with Gasteiger partial charge < -0.3 is 14.6 Å². The van der Waals surface area contributed by atoms with E-state index in [9.17, 15) is 14.7 Å². The van der Waals surface area contributed by atoms with Gasteiger partial charge in [0, 0.05) is 17.5 Å². The standard InChI is InChI=1S/C36H44N4O5/c1-6-10-18-31-30(34(41)40(24(5)39-31)36-37-22-29(23-38-36)44-9-4)21-25-19-27(14-7-2)32(28(20-25)15-8-3)45-33(35(42)43)26-16-12-11-13-17-26/h11-13,16-17,19-20,22-23,33H,6-10,14-15,18,21H2,1-5H3,(H,42,43). The third-order valence-corrected chi connectivity index (χ3v) is 7.61. The smallest absolute Gasteiger partial charge is 0.349 e. The molecule has 1 atom stereocenters. The Morgan fingerprint density at radius 3 is 2.13 bits per heavy atom. The van der Waals surface area contributed by atoms with Crippen LogP contribution in [0.1, 0.15) is 98.8 Å². The summed E-state index contributed by atoms with van der Waals surface area (Å²) < 4.78 is 13.3. The number of hydrogen-bond acceptors (Lipinski definition) is 7. The molecule has 0 aliphatic carbocycles. The van der Waals surface area contributed by atoms with E-state index >= 15 is 0 Å². The third-order valence-electron chi connectivity index (χ3n) is 7.61. The second kappa shape index (κ2) is 16.0. The van der Waals surface area contributed by atoms with Crippen LogP contribution in [0, 0.1) is 6.92 Å². The maximum absolute atomic E-state index is 14.2. The lowest BCUT2D eigenvalue weighted by Crippen LogP contribution is -2.29. The minimum atomic E-state index is -1.13. The minimum Gasteiger partial charge on any atom is -0.491 e. The average Bonchev–Trinajstić information content (AvgIpc) is 3.02. The van der Waals surface area contributed by atoms with E-state index in [-0.39, 0.29) is 11.5 Å². The number of aromatic nitrogens is 4. The number of carboxylic acid groups (broad SMARTS) is 1. The van der Waals surface area contributed by atoms with E-state index in [1.807, 2.05) is 25.1 Å². The van der Waals surface area contributed by atoms with Crippen LogP contribution < -0.4 is 15.0 Å². The van der Waals surface area contributed by atoms with Crippen LogP contribution in [0.3, 0.4) is 0 Å². The molecular weight excluding hydrogens is 568 g/mol. The summed E-state index contributed by atoms with van der Waals surface area (Å²) in [7, 11) is 0. The van der Waals surface area contributed by atoms with Gasteiger partial charge in [0.1, 0.15) is 11.6 Å². The van der Waals surface area contributed by atoms with Crippen molar-refractivity contribution in [1.29, 1.82) is 0 Å². The highest BCUT2D eigenvalue weighted by atomic mass is 16.5. The number of carbonyl (C=O) groups is 1. The highest BCUT2D eigenvalue weighted by Crippen LogP contribution is 2.34. The van der Waals surface area contributed by atoms with Gasteiger partial charge in [0.05, 0.1) is 24.7 Å². The molecule has 4 aromatic rings. The van der Waals surface area contributed by atoms with Crippen molar-refractivity contribution in [2.45, 2.75) is 92.1 Å². The molecule has 1 N–H and O–H groups in total. The van der Waals surface area contributed by atoms with Gasteiger partial charge >= 0.3 is 5.97 Å². The number of nitrogens with zero attached hydrogens (tertiary/aromatic N) is 4. The topological polar surface area (TPSA) is 116 Å². The summed E-state index contributed by atoms with van der Waals surface area (Å²) in [5.41, 5.74) is 4.62. The van der Waals surface area contributed by atoms with E-state index in [0.717, 1.165) is 48.1 Å². The van der Waals surface area contributed by atoms with Crippen molar-refractivity contribution in [2.75, 3.05) is 6.61 Å². The molecule has 0 amide bonds. The zero-order chi connectivity index (χ0) is 32.3. The molecule has 4 rings (SSSR count). The number of aryl methyl sites for hydroxylation is 4. The zero-order valence-corrected chi connectivity index (χ0v) is 27.0. The van der Waals surface area contributed by atoms with Gasteiger partial charge in [-0.3, -0.25) is 4.79 Å². The van der Waals surface area contributed by atoms with E-state index in [2.05, 4.69) is 42.9 Å². The first kappa shape index (κ1) is 33.4. The van der Waals surface area contributed by atoms with Crippen molar-refractivity contribution >= 4 is 5.97 Å². The van der Waals surface area contributed by atoms with E-state index in [1.165, 1.54) is 4.57 Å². The number of rotatable bonds is 16. The normalized spacial score (nSPS) is 11.8. The molecule has 0 fully saturated rings. The molecule has 238 valence electrons. The Kier molecular flexibility index (Phi) is 11.8. The highest BCUT2D eigenvalue weighted by molar-refractivity contribution is 5.75. The zero-order valence-electron chi connectivity index (χ0n) is 27.0. The molecular formula is C36H44N4O5. The molecule has 2 heterocycles. The van der Waals surface area contributed by atoms with Gasteiger partial charge in [-0.1, -0.05) is 82.5 Å². The Labute approximate surface area is 265 Å². The van der Waals surface area contributed by atoms with Gasteiger partial charge in [-0.15, -0.1) is 0 Å². The van der Waals surface area contributed by atoms with Gasteiger partial charge in [0.15, 0.2) is 5.75 Å². The fourth-order valence-electron chi connectivity index (χ4n) is 5.55. The number of ether oxygens (including phenoxy) is 2. The van der Waals surface area contributed by atoms with Crippen LogP contribution in [-0.4, -0.2) is 37.2 Å². The van der Waals surface area contributed by atoms with Crippen molar-refractivity contribution < 1.29 is 19.4 Å². The molecule has 9 nitrogen and oxygen atoms in total. The molecule has 2 aromatic carbocycles. The summed E-state index contributed by atoms with van der Waals surface area (Å²) in [6, 6.07) is 13.1. The number of carboxylic acids is 1. The molecule has 1 unspecified atom stereocenters. The second-order valence-corrected chi connectivity index (χ2v) is 11.1. The Hall–Kier alpha value is -4.53. The molecule has 0 saturated carbocycles. The van der Waals surface area contributed by atoms with Crippen LogP contribution >= 0.6 is 0 Å². The number of unbranched alkanes of at least 4 members (excludes halogenated alkanes) is 1. The van der Waals surface area contributed by atoms with Gasteiger partial charge in [-0.05, 0) is 56.2 Å². The van der Waals surface area contributed by atoms with Crippen LogP contribution in [0.4, 0.5) is 0 Å². The van der Waals surface area contributed by atoms with Crippen molar-refractivity contribution in [3.05, 3.63) is 105 Å². The van der Waals surface area contributed by atoms with Crippen LogP contribution in [0.2, 0.25) is 0 Å². The lowest BCUT2D eigenvalue weighted by molar-refractivity contribution is -0.145. The Balaban J connectivity index is 1.82. The van der Waals surface area contributed by atoms with E-state index < -0.39 is 12.1 Å². The molecule has 45 heavy (non-hydrogen) atoms. The maximum atomic E-state index is 14.2. The van der Waals surface area contributed by atoms with Gasteiger partial charge in [0.25, 0.3) is 5.56 Å². The summed E-state index contributed by atoms with van der Waals surface area (Å²) in [5, 5.41) is 10.1. The molecule has 0 saturated heterocycles. The van der Waals surface area contributed by atoms with E-state index in [0.29, 0.717) is 60.7 Å². The number of aliphatic carboxylic acids is 1. The first-order valence-electron chi connectivity index (χ1n) is 16.0. The maximum Gasteiger partial charge on any atom is 0.349 e. The molecule has 0 bridgehead atoms. The quantitative estimate of drug-likeness (QED) is 0.147. The predicted molar refractivity (Wildman–Crippen MR) is 175 cm³/mol. The van der Waals surface area contributed by atoms with Crippen molar-refractivity contribution in [1.82, 2.24) is 19.5 Å². The predicted octanol–water partition coefficient (Wildman–Crippen LogP) is 6.77. The van der Waals surface area contributed by atoms with Gasteiger partial charge in [0.2, 0.25) is 12.1 Å². The molecule has 0 aliphatic heterocycles. The van der Waals surface area contributed by atoms with Crippen molar-refractivity contribution in [3.63, 3.8) is 0 Å². The molecule has 9 heteroatoms. The van der Waals surface area contributed by atoms with Crippen LogP contribution in [0.25, 0.3) is 5.95 Å². The fraction of sp³-hybridized carbons (Fsp3) is 0.417. The summed E-state index contributed by atoms with van der Waals surface area (Å²) in [4.78, 5) is 40.2. The van der Waals surface area contributed by atoms with Crippen molar-refractivity contribution in [3.8, 4) is 17.4 Å². The molecule has 2 aromatic heterocycles. The number of hydrogen-bond donors (Lipinski definition) is 1. The fourth-order valence-corrected chi connectivity index (χ4v) is 5.55. The first-order valence-corrected chi connectivity index (χ1v) is 16.0. The Bertz CT molecular complexity index is 1610. The van der Waals surface area contributed by atoms with Gasteiger partial charge in [-0.2, -0.15) is 0 Å². The summed E-state index contributed by atoms with van der Waals surface area (Å²) in [6.45, 7) is 10.5. The van der Waals surface area contributed by atoms with Crippen LogP contribution in [0.15, 0.2) is 59.7 Å². The average molecular weight is 613 g/mol. The molecule has 0 radical (unpaired) electrons. The highest BCUT2D eigenvalue weighted by Gasteiger charge is 2.25. The monoisotopic (exact) mass is 612 g/mol. The first-order chi connectivity index (χ1) is 21.8. The summed E-state index contributed by atoms with van der Waals surface area (Å²) >= 11 is 0.